The molecule has 4 heteroatoms. The molecule has 0 aromatic carbocycles. The van der Waals surface area contributed by atoms with Gasteiger partial charge in [-0.2, -0.15) is 0 Å². The summed E-state index contributed by atoms with van der Waals surface area (Å²) in [6.45, 7) is 11.2. The Bertz CT molecular complexity index is 452. The largest absolute Gasteiger partial charge is 0.297 e. The average Bonchev–Trinajstić information content (AvgIpc) is 2.40. The van der Waals surface area contributed by atoms with Gasteiger partial charge in [0.2, 0.25) is 5.91 Å². The van der Waals surface area contributed by atoms with Crippen LogP contribution in [0.15, 0.2) is 12.3 Å². The van der Waals surface area contributed by atoms with E-state index in [0.29, 0.717) is 13.0 Å². The van der Waals surface area contributed by atoms with Crippen LogP contribution in [0.4, 0.5) is 5.82 Å². The third kappa shape index (κ3) is 6.23. The molecule has 0 aliphatic carbocycles. The molecule has 0 fully saturated rings. The first-order valence-electron chi connectivity index (χ1n) is 7.99. The molecular formula is C17H29N3O. The normalized spacial score (nSPS) is 11.5. The number of unbranched alkanes of at least 4 members (excludes halogenated alkanes) is 1. The van der Waals surface area contributed by atoms with Crippen molar-refractivity contribution in [1.29, 1.82) is 0 Å². The van der Waals surface area contributed by atoms with Crippen molar-refractivity contribution in [2.24, 2.45) is 5.41 Å². The molecule has 0 unspecified atom stereocenters. The fraction of sp³-hybridized carbons (Fsp3) is 0.706. The number of aromatic nitrogens is 2. The number of carbonyl (C=O) groups excluding carboxylic acids is 1. The zero-order valence-corrected chi connectivity index (χ0v) is 14.1. The summed E-state index contributed by atoms with van der Waals surface area (Å²) in [5.74, 6) is 1.72. The summed E-state index contributed by atoms with van der Waals surface area (Å²) in [6.07, 6.45) is 6.28. The van der Waals surface area contributed by atoms with Gasteiger partial charge < -0.3 is 0 Å². The molecular weight excluding hydrogens is 262 g/mol. The van der Waals surface area contributed by atoms with E-state index in [1.807, 2.05) is 11.0 Å². The molecule has 21 heavy (non-hydrogen) atoms. The number of carbonyl (C=O) groups is 1. The lowest BCUT2D eigenvalue weighted by Gasteiger charge is -2.25. The Morgan fingerprint density at radius 1 is 1.24 bits per heavy atom. The van der Waals surface area contributed by atoms with Gasteiger partial charge in [-0.15, -0.1) is 0 Å². The number of hydrogen-bond donors (Lipinski definition) is 0. The first kappa shape index (κ1) is 17.6. The molecule has 118 valence electrons. The van der Waals surface area contributed by atoms with E-state index >= 15 is 0 Å². The molecule has 1 rings (SSSR count). The van der Waals surface area contributed by atoms with Crippen LogP contribution in [0.5, 0.6) is 0 Å². The van der Waals surface area contributed by atoms with Gasteiger partial charge in [0.05, 0.1) is 0 Å². The molecule has 0 atom stereocenters. The predicted octanol–water partition coefficient (Wildman–Crippen LogP) is 4.00. The van der Waals surface area contributed by atoms with Crippen LogP contribution in [0, 0.1) is 5.41 Å². The fourth-order valence-corrected chi connectivity index (χ4v) is 2.13. The second kappa shape index (κ2) is 8.11. The molecule has 4 nitrogen and oxygen atoms in total. The van der Waals surface area contributed by atoms with Crippen LogP contribution in [0.1, 0.15) is 66.1 Å². The summed E-state index contributed by atoms with van der Waals surface area (Å²) in [6, 6.07) is 1.84. The van der Waals surface area contributed by atoms with Crippen LogP contribution in [0.3, 0.4) is 0 Å². The first-order valence-corrected chi connectivity index (χ1v) is 7.99. The van der Waals surface area contributed by atoms with Gasteiger partial charge >= 0.3 is 0 Å². The van der Waals surface area contributed by atoms with Crippen molar-refractivity contribution in [2.75, 3.05) is 11.4 Å². The van der Waals surface area contributed by atoms with Gasteiger partial charge in [-0.05, 0) is 24.3 Å². The van der Waals surface area contributed by atoms with Crippen molar-refractivity contribution in [1.82, 2.24) is 9.97 Å². The zero-order chi connectivity index (χ0) is 15.9. The zero-order valence-electron chi connectivity index (χ0n) is 14.1. The molecule has 0 saturated carbocycles. The third-order valence-electron chi connectivity index (χ3n) is 3.15. The van der Waals surface area contributed by atoms with Gasteiger partial charge in [0.1, 0.15) is 11.6 Å². The Kier molecular flexibility index (Phi) is 6.79. The first-order chi connectivity index (χ1) is 9.87. The molecule has 1 aromatic rings. The van der Waals surface area contributed by atoms with Gasteiger partial charge in [0, 0.05) is 25.6 Å². The van der Waals surface area contributed by atoms with Crippen LogP contribution in [0.25, 0.3) is 0 Å². The SMILES string of the molecule is CCCCc1nccc(N(CCC)C(=O)CC(C)(C)C)n1. The van der Waals surface area contributed by atoms with Crippen molar-refractivity contribution < 1.29 is 4.79 Å². The van der Waals surface area contributed by atoms with E-state index in [4.69, 9.17) is 0 Å². The summed E-state index contributed by atoms with van der Waals surface area (Å²) in [4.78, 5) is 23.2. The van der Waals surface area contributed by atoms with Crippen LogP contribution in [-0.2, 0) is 11.2 Å². The van der Waals surface area contributed by atoms with Gasteiger partial charge in [-0.3, -0.25) is 9.69 Å². The summed E-state index contributed by atoms with van der Waals surface area (Å²) in [5.41, 5.74) is -0.0128. The number of amides is 1. The predicted molar refractivity (Wildman–Crippen MR) is 87.4 cm³/mol. The molecule has 0 spiro atoms. The minimum atomic E-state index is -0.0128. The van der Waals surface area contributed by atoms with Crippen molar-refractivity contribution in [2.45, 2.75) is 66.7 Å². The lowest BCUT2D eigenvalue weighted by atomic mass is 9.91. The molecule has 1 heterocycles. The molecule has 0 radical (unpaired) electrons. The summed E-state index contributed by atoms with van der Waals surface area (Å²) >= 11 is 0. The van der Waals surface area contributed by atoms with Gasteiger partial charge in [-0.25, -0.2) is 9.97 Å². The van der Waals surface area contributed by atoms with E-state index in [9.17, 15) is 4.79 Å². The van der Waals surface area contributed by atoms with E-state index < -0.39 is 0 Å². The molecule has 1 amide bonds. The topological polar surface area (TPSA) is 46.1 Å². The molecule has 1 aromatic heterocycles. The average molecular weight is 291 g/mol. The standard InChI is InChI=1S/C17H29N3O/c1-6-8-9-14-18-11-10-15(19-14)20(12-7-2)16(21)13-17(3,4)5/h10-11H,6-9,12-13H2,1-5H3. The minimum Gasteiger partial charge on any atom is -0.297 e. The van der Waals surface area contributed by atoms with Crippen molar-refractivity contribution in [3.63, 3.8) is 0 Å². The van der Waals surface area contributed by atoms with Crippen LogP contribution < -0.4 is 4.90 Å². The molecule has 0 saturated heterocycles. The van der Waals surface area contributed by atoms with Gasteiger partial charge in [0.25, 0.3) is 0 Å². The second-order valence-corrected chi connectivity index (χ2v) is 6.72. The Hall–Kier alpha value is -1.45. The lowest BCUT2D eigenvalue weighted by molar-refractivity contribution is -0.120. The lowest BCUT2D eigenvalue weighted by Crippen LogP contribution is -2.35. The van der Waals surface area contributed by atoms with Gasteiger partial charge in [0.15, 0.2) is 0 Å². The van der Waals surface area contributed by atoms with Crippen LogP contribution >= 0.6 is 0 Å². The number of aryl methyl sites for hydroxylation is 1. The highest BCUT2D eigenvalue weighted by molar-refractivity contribution is 5.92. The van der Waals surface area contributed by atoms with E-state index in [2.05, 4.69) is 44.6 Å². The summed E-state index contributed by atoms with van der Waals surface area (Å²) in [7, 11) is 0. The number of anilines is 1. The Morgan fingerprint density at radius 2 is 1.95 bits per heavy atom. The van der Waals surface area contributed by atoms with E-state index in [1.165, 1.54) is 0 Å². The highest BCUT2D eigenvalue weighted by Gasteiger charge is 2.22. The molecule has 0 bridgehead atoms. The van der Waals surface area contributed by atoms with E-state index in [0.717, 1.165) is 37.3 Å². The highest BCUT2D eigenvalue weighted by atomic mass is 16.2. The van der Waals surface area contributed by atoms with E-state index in [1.54, 1.807) is 6.20 Å². The Balaban J connectivity index is 2.91. The van der Waals surface area contributed by atoms with Crippen LogP contribution in [0.2, 0.25) is 0 Å². The quantitative estimate of drug-likeness (QED) is 0.763. The number of nitrogens with zero attached hydrogens (tertiary/aromatic N) is 3. The summed E-state index contributed by atoms with van der Waals surface area (Å²) in [5, 5.41) is 0. The highest BCUT2D eigenvalue weighted by Crippen LogP contribution is 2.22. The van der Waals surface area contributed by atoms with Crippen LogP contribution in [-0.4, -0.2) is 22.4 Å². The van der Waals surface area contributed by atoms with Crippen molar-refractivity contribution >= 4 is 11.7 Å². The van der Waals surface area contributed by atoms with E-state index in [-0.39, 0.29) is 11.3 Å². The number of rotatable bonds is 7. The van der Waals surface area contributed by atoms with Crippen molar-refractivity contribution in [3.8, 4) is 0 Å². The molecule has 0 N–H and O–H groups in total. The monoisotopic (exact) mass is 291 g/mol. The summed E-state index contributed by atoms with van der Waals surface area (Å²) < 4.78 is 0. The maximum atomic E-state index is 12.5. The minimum absolute atomic E-state index is 0.0128. The fourth-order valence-electron chi connectivity index (χ4n) is 2.13. The maximum Gasteiger partial charge on any atom is 0.228 e. The number of hydrogen-bond acceptors (Lipinski definition) is 3. The molecule has 0 aliphatic rings. The van der Waals surface area contributed by atoms with Crippen molar-refractivity contribution in [3.05, 3.63) is 18.1 Å². The van der Waals surface area contributed by atoms with Gasteiger partial charge in [-0.1, -0.05) is 41.0 Å². The molecule has 0 aliphatic heterocycles. The Morgan fingerprint density at radius 3 is 2.52 bits per heavy atom. The smallest absolute Gasteiger partial charge is 0.228 e. The second-order valence-electron chi connectivity index (χ2n) is 6.72. The maximum absolute atomic E-state index is 12.5. The third-order valence-corrected chi connectivity index (χ3v) is 3.15. The Labute approximate surface area is 129 Å².